The lowest BCUT2D eigenvalue weighted by Crippen LogP contribution is -2.55. The van der Waals surface area contributed by atoms with Crippen molar-refractivity contribution in [2.45, 2.75) is 57.0 Å². The van der Waals surface area contributed by atoms with E-state index in [9.17, 15) is 4.79 Å². The zero-order valence-corrected chi connectivity index (χ0v) is 11.9. The summed E-state index contributed by atoms with van der Waals surface area (Å²) in [4.78, 5) is 14.1. The number of carbonyl (C=O) groups excluding carboxylic acids is 1. The van der Waals surface area contributed by atoms with Gasteiger partial charge in [0.15, 0.2) is 0 Å². The highest BCUT2D eigenvalue weighted by atomic mass is 16.5. The van der Waals surface area contributed by atoms with Crippen LogP contribution >= 0.6 is 0 Å². The first kappa shape index (κ1) is 13.2. The van der Waals surface area contributed by atoms with Crippen LogP contribution in [0.2, 0.25) is 0 Å². The van der Waals surface area contributed by atoms with Crippen LogP contribution in [-0.2, 0) is 4.74 Å². The summed E-state index contributed by atoms with van der Waals surface area (Å²) in [7, 11) is 1.45. The molecule has 108 valence electrons. The molecule has 3 fully saturated rings. The summed E-state index contributed by atoms with van der Waals surface area (Å²) in [5.74, 6) is 1.74. The van der Waals surface area contributed by atoms with Crippen LogP contribution < -0.4 is 5.32 Å². The number of ether oxygens (including phenoxy) is 1. The molecule has 3 rings (SSSR count). The summed E-state index contributed by atoms with van der Waals surface area (Å²) in [5, 5.41) is 3.02. The number of hydrogen-bond donors (Lipinski definition) is 1. The minimum Gasteiger partial charge on any atom is -0.453 e. The van der Waals surface area contributed by atoms with E-state index in [1.807, 2.05) is 0 Å². The number of hydrogen-bond acceptors (Lipinski definition) is 3. The molecule has 0 aromatic heterocycles. The lowest BCUT2D eigenvalue weighted by Gasteiger charge is -2.45. The maximum Gasteiger partial charge on any atom is 0.407 e. The predicted molar refractivity (Wildman–Crippen MR) is 74.0 cm³/mol. The molecule has 1 saturated heterocycles. The highest BCUT2D eigenvalue weighted by molar-refractivity contribution is 5.67. The molecule has 4 nitrogen and oxygen atoms in total. The molecule has 3 aliphatic rings. The molecule has 1 amide bonds. The molecule has 2 aliphatic carbocycles. The first-order chi connectivity index (χ1) is 9.24. The summed E-state index contributed by atoms with van der Waals surface area (Å²) >= 11 is 0. The third kappa shape index (κ3) is 3.41. The number of piperidine rings is 1. The monoisotopic (exact) mass is 266 g/mol. The largest absolute Gasteiger partial charge is 0.453 e. The molecule has 0 aromatic rings. The van der Waals surface area contributed by atoms with Gasteiger partial charge in [0, 0.05) is 25.2 Å². The quantitative estimate of drug-likeness (QED) is 0.849. The van der Waals surface area contributed by atoms with E-state index in [1.54, 1.807) is 0 Å². The van der Waals surface area contributed by atoms with Crippen LogP contribution in [0.5, 0.6) is 0 Å². The molecule has 0 bridgehead atoms. The van der Waals surface area contributed by atoms with Crippen LogP contribution in [0.15, 0.2) is 0 Å². The van der Waals surface area contributed by atoms with Gasteiger partial charge in [0.2, 0.25) is 0 Å². The van der Waals surface area contributed by atoms with Crippen molar-refractivity contribution in [2.24, 2.45) is 11.8 Å². The molecule has 2 atom stereocenters. The van der Waals surface area contributed by atoms with Gasteiger partial charge in [-0.1, -0.05) is 19.3 Å². The topological polar surface area (TPSA) is 41.6 Å². The summed E-state index contributed by atoms with van der Waals surface area (Å²) in [5.41, 5.74) is 0. The van der Waals surface area contributed by atoms with Crippen LogP contribution in [0.1, 0.15) is 44.9 Å². The van der Waals surface area contributed by atoms with Crippen molar-refractivity contribution in [3.8, 4) is 0 Å². The molecular weight excluding hydrogens is 240 g/mol. The van der Waals surface area contributed by atoms with Gasteiger partial charge in [-0.3, -0.25) is 4.90 Å². The van der Waals surface area contributed by atoms with Gasteiger partial charge in [-0.2, -0.15) is 0 Å². The van der Waals surface area contributed by atoms with E-state index in [-0.39, 0.29) is 12.1 Å². The van der Waals surface area contributed by atoms with Crippen LogP contribution in [0.3, 0.4) is 0 Å². The molecular formula is C15H26N2O2. The Kier molecular flexibility index (Phi) is 3.96. The van der Waals surface area contributed by atoms with E-state index in [0.717, 1.165) is 30.8 Å². The smallest absolute Gasteiger partial charge is 0.407 e. The fourth-order valence-electron chi connectivity index (χ4n) is 3.62. The van der Waals surface area contributed by atoms with Crippen molar-refractivity contribution in [1.82, 2.24) is 10.2 Å². The van der Waals surface area contributed by atoms with Crippen molar-refractivity contribution < 1.29 is 9.53 Å². The van der Waals surface area contributed by atoms with Gasteiger partial charge in [0.25, 0.3) is 0 Å². The normalized spacial score (nSPS) is 32.7. The second kappa shape index (κ2) is 5.70. The highest BCUT2D eigenvalue weighted by Crippen LogP contribution is 2.39. The Hall–Kier alpha value is -0.770. The van der Waals surface area contributed by atoms with Crippen LogP contribution in [0.4, 0.5) is 4.79 Å². The summed E-state index contributed by atoms with van der Waals surface area (Å²) in [6.07, 6.45) is 9.15. The SMILES string of the molecule is COC(=O)NC1CC(CC2CC2)CN(C2CCC2)C1. The van der Waals surface area contributed by atoms with Gasteiger partial charge in [-0.25, -0.2) is 4.79 Å². The maximum absolute atomic E-state index is 11.4. The molecule has 0 aromatic carbocycles. The maximum atomic E-state index is 11.4. The number of rotatable bonds is 4. The van der Waals surface area contributed by atoms with E-state index in [0.29, 0.717) is 0 Å². The van der Waals surface area contributed by atoms with E-state index in [4.69, 9.17) is 4.74 Å². The van der Waals surface area contributed by atoms with Crippen LogP contribution in [0.25, 0.3) is 0 Å². The van der Waals surface area contributed by atoms with E-state index >= 15 is 0 Å². The number of alkyl carbamates (subject to hydrolysis) is 1. The number of amides is 1. The molecule has 0 spiro atoms. The van der Waals surface area contributed by atoms with Gasteiger partial charge >= 0.3 is 6.09 Å². The molecule has 1 heterocycles. The molecule has 0 radical (unpaired) electrons. The first-order valence-electron chi connectivity index (χ1n) is 7.83. The Labute approximate surface area is 115 Å². The molecule has 2 unspecified atom stereocenters. The zero-order valence-electron chi connectivity index (χ0n) is 11.9. The van der Waals surface area contributed by atoms with Crippen LogP contribution in [-0.4, -0.2) is 43.3 Å². The lowest BCUT2D eigenvalue weighted by molar-refractivity contribution is 0.0535. The minimum absolute atomic E-state index is 0.273. The Morgan fingerprint density at radius 3 is 2.58 bits per heavy atom. The molecule has 1 aliphatic heterocycles. The van der Waals surface area contributed by atoms with Crippen molar-refractivity contribution in [1.29, 1.82) is 0 Å². The third-order valence-electron chi connectivity index (χ3n) is 5.03. The van der Waals surface area contributed by atoms with E-state index in [1.165, 1.54) is 52.2 Å². The van der Waals surface area contributed by atoms with Crippen molar-refractivity contribution in [2.75, 3.05) is 20.2 Å². The fraction of sp³-hybridized carbons (Fsp3) is 0.933. The van der Waals surface area contributed by atoms with E-state index < -0.39 is 0 Å². The van der Waals surface area contributed by atoms with Crippen molar-refractivity contribution >= 4 is 6.09 Å². The number of methoxy groups -OCH3 is 1. The molecule has 1 N–H and O–H groups in total. The van der Waals surface area contributed by atoms with Crippen LogP contribution in [0, 0.1) is 11.8 Å². The number of likely N-dealkylation sites (tertiary alicyclic amines) is 1. The number of carbonyl (C=O) groups is 1. The Morgan fingerprint density at radius 2 is 2.00 bits per heavy atom. The molecule has 2 saturated carbocycles. The summed E-state index contributed by atoms with van der Waals surface area (Å²) in [6, 6.07) is 1.06. The number of nitrogens with one attached hydrogen (secondary N) is 1. The average Bonchev–Trinajstić information content (AvgIpc) is 3.10. The predicted octanol–water partition coefficient (Wildman–Crippen LogP) is 2.39. The zero-order chi connectivity index (χ0) is 13.2. The summed E-state index contributed by atoms with van der Waals surface area (Å²) in [6.45, 7) is 2.27. The lowest BCUT2D eigenvalue weighted by atomic mass is 9.84. The second-order valence-electron chi connectivity index (χ2n) is 6.65. The fourth-order valence-corrected chi connectivity index (χ4v) is 3.62. The second-order valence-corrected chi connectivity index (χ2v) is 6.65. The Balaban J connectivity index is 1.57. The van der Waals surface area contributed by atoms with Crippen molar-refractivity contribution in [3.05, 3.63) is 0 Å². The summed E-state index contributed by atoms with van der Waals surface area (Å²) < 4.78 is 4.75. The van der Waals surface area contributed by atoms with Gasteiger partial charge in [-0.15, -0.1) is 0 Å². The van der Waals surface area contributed by atoms with Gasteiger partial charge in [0.05, 0.1) is 7.11 Å². The molecule has 19 heavy (non-hydrogen) atoms. The first-order valence-corrected chi connectivity index (χ1v) is 7.83. The standard InChI is InChI=1S/C15H26N2O2/c1-19-15(18)16-13-8-12(7-11-5-6-11)9-17(10-13)14-3-2-4-14/h11-14H,2-10H2,1H3,(H,16,18). The third-order valence-corrected chi connectivity index (χ3v) is 5.03. The highest BCUT2D eigenvalue weighted by Gasteiger charge is 2.36. The Bertz CT molecular complexity index is 326. The number of nitrogens with zero attached hydrogens (tertiary/aromatic N) is 1. The average molecular weight is 266 g/mol. The minimum atomic E-state index is -0.273. The van der Waals surface area contributed by atoms with Crippen molar-refractivity contribution in [3.63, 3.8) is 0 Å². The van der Waals surface area contributed by atoms with Gasteiger partial charge in [-0.05, 0) is 37.5 Å². The Morgan fingerprint density at radius 1 is 1.21 bits per heavy atom. The van der Waals surface area contributed by atoms with Gasteiger partial charge in [0.1, 0.15) is 0 Å². The molecule has 4 heteroatoms. The van der Waals surface area contributed by atoms with Gasteiger partial charge < -0.3 is 10.1 Å². The van der Waals surface area contributed by atoms with E-state index in [2.05, 4.69) is 10.2 Å².